The fourth-order valence-electron chi connectivity index (χ4n) is 3.97. The zero-order chi connectivity index (χ0) is 21.9. The first-order chi connectivity index (χ1) is 14.2. The van der Waals surface area contributed by atoms with Crippen molar-refractivity contribution in [3.8, 4) is 0 Å². The van der Waals surface area contributed by atoms with Crippen LogP contribution in [0, 0.1) is 6.92 Å². The number of aromatic amines is 1. The summed E-state index contributed by atoms with van der Waals surface area (Å²) in [4.78, 5) is 16.9. The first-order valence-electron chi connectivity index (χ1n) is 10.6. The molecular formula is C22H33N6O2+. The van der Waals surface area contributed by atoms with Gasteiger partial charge in [-0.1, -0.05) is 25.0 Å². The van der Waals surface area contributed by atoms with E-state index in [-0.39, 0.29) is 23.7 Å². The maximum absolute atomic E-state index is 12.8. The number of aliphatic hydroxyl groups is 1. The Bertz CT molecular complexity index is 1050. The highest BCUT2D eigenvalue weighted by Crippen LogP contribution is 2.20. The van der Waals surface area contributed by atoms with Crippen LogP contribution in [0.25, 0.3) is 10.9 Å². The van der Waals surface area contributed by atoms with Gasteiger partial charge in [0.1, 0.15) is 19.1 Å². The second-order valence-corrected chi connectivity index (χ2v) is 8.98. The van der Waals surface area contributed by atoms with E-state index in [4.69, 9.17) is 0 Å². The Hall–Kier alpha value is -2.58. The molecule has 0 fully saturated rings. The molecule has 3 rings (SSSR count). The molecule has 2 aromatic heterocycles. The van der Waals surface area contributed by atoms with E-state index >= 15 is 0 Å². The number of aryl methyl sites for hydroxylation is 1. The van der Waals surface area contributed by atoms with Gasteiger partial charge in [0, 0.05) is 11.9 Å². The summed E-state index contributed by atoms with van der Waals surface area (Å²) in [5, 5.41) is 23.3. The lowest BCUT2D eigenvalue weighted by atomic mass is 10.0. The largest absolute Gasteiger partial charge is 0.391 e. The van der Waals surface area contributed by atoms with Crippen molar-refractivity contribution in [2.75, 3.05) is 13.2 Å². The molecule has 0 aliphatic rings. The van der Waals surface area contributed by atoms with Gasteiger partial charge in [-0.15, -0.1) is 5.10 Å². The zero-order valence-corrected chi connectivity index (χ0v) is 18.6. The van der Waals surface area contributed by atoms with E-state index in [1.165, 1.54) is 0 Å². The Labute approximate surface area is 176 Å². The molecule has 0 aliphatic carbocycles. The minimum Gasteiger partial charge on any atom is -0.391 e. The van der Waals surface area contributed by atoms with Gasteiger partial charge in [0.2, 0.25) is 5.82 Å². The van der Waals surface area contributed by atoms with Gasteiger partial charge in [-0.3, -0.25) is 4.79 Å². The van der Waals surface area contributed by atoms with Crippen molar-refractivity contribution in [2.24, 2.45) is 0 Å². The molecule has 0 amide bonds. The molecule has 0 radical (unpaired) electrons. The monoisotopic (exact) mass is 413 g/mol. The lowest BCUT2D eigenvalue weighted by Crippen LogP contribution is -3.11. The molecule has 8 nitrogen and oxygen atoms in total. The third-order valence-corrected chi connectivity index (χ3v) is 5.44. The Kier molecular flexibility index (Phi) is 6.67. The Morgan fingerprint density at radius 1 is 1.27 bits per heavy atom. The number of H-pyrrole nitrogens is 1. The van der Waals surface area contributed by atoms with Crippen LogP contribution in [-0.2, 0) is 12.1 Å². The normalized spacial score (nSPS) is 14.2. The molecule has 0 saturated heterocycles. The number of nitrogens with one attached hydrogen (secondary N) is 2. The van der Waals surface area contributed by atoms with Gasteiger partial charge in [0.15, 0.2) is 0 Å². The van der Waals surface area contributed by atoms with Crippen LogP contribution in [-0.4, -0.2) is 43.4 Å². The van der Waals surface area contributed by atoms with E-state index < -0.39 is 0 Å². The second kappa shape index (κ2) is 9.06. The lowest BCUT2D eigenvalue weighted by molar-refractivity contribution is -0.946. The van der Waals surface area contributed by atoms with Crippen LogP contribution in [0.15, 0.2) is 29.1 Å². The number of fused-ring (bicyclic) bond motifs is 1. The summed E-state index contributed by atoms with van der Waals surface area (Å²) in [5.41, 5.74) is 2.33. The molecule has 30 heavy (non-hydrogen) atoms. The van der Waals surface area contributed by atoms with Crippen LogP contribution in [0.5, 0.6) is 0 Å². The van der Waals surface area contributed by atoms with Gasteiger partial charge in [-0.05, 0) is 61.7 Å². The van der Waals surface area contributed by atoms with Crippen LogP contribution >= 0.6 is 0 Å². The first kappa shape index (κ1) is 22.1. The maximum atomic E-state index is 12.8. The number of tetrazole rings is 1. The van der Waals surface area contributed by atoms with Gasteiger partial charge in [0.25, 0.3) is 5.56 Å². The van der Waals surface area contributed by atoms with E-state index in [9.17, 15) is 9.90 Å². The minimum atomic E-state index is -0.257. The summed E-state index contributed by atoms with van der Waals surface area (Å²) in [5.74, 6) is 0.792. The number of pyridine rings is 1. The highest BCUT2D eigenvalue weighted by Gasteiger charge is 2.32. The standard InChI is InChI=1S/C22H32N6O2/c1-6-7-19(20-24-25-26-28(20)22(3,4)5)27(10-11-29)14-17-13-16-12-15(2)8-9-18(16)23-21(17)30/h8-9,12-13,19,29H,6-7,10-11,14H2,1-5H3,(H,23,30)/p+1/t19-/m0/s1. The zero-order valence-electron chi connectivity index (χ0n) is 18.6. The molecule has 0 spiro atoms. The highest BCUT2D eigenvalue weighted by molar-refractivity contribution is 5.79. The molecule has 0 bridgehead atoms. The number of rotatable bonds is 8. The van der Waals surface area contributed by atoms with Crippen molar-refractivity contribution in [3.05, 3.63) is 51.6 Å². The summed E-state index contributed by atoms with van der Waals surface area (Å²) in [6.07, 6.45) is 1.81. The highest BCUT2D eigenvalue weighted by atomic mass is 16.3. The molecule has 0 aliphatic heterocycles. The Morgan fingerprint density at radius 2 is 2.03 bits per heavy atom. The van der Waals surface area contributed by atoms with Crippen LogP contribution in [0.3, 0.4) is 0 Å². The van der Waals surface area contributed by atoms with Crippen molar-refractivity contribution >= 4 is 10.9 Å². The number of quaternary nitrogens is 1. The van der Waals surface area contributed by atoms with E-state index in [1.807, 2.05) is 29.8 Å². The molecule has 2 heterocycles. The number of benzene rings is 1. The molecule has 8 heteroatoms. The third kappa shape index (κ3) is 4.76. The fraction of sp³-hybridized carbons (Fsp3) is 0.545. The van der Waals surface area contributed by atoms with Gasteiger partial charge in [-0.25, -0.2) is 4.68 Å². The predicted octanol–water partition coefficient (Wildman–Crippen LogP) is 1.50. The minimum absolute atomic E-state index is 0.0241. The summed E-state index contributed by atoms with van der Waals surface area (Å²) in [6.45, 7) is 11.4. The third-order valence-electron chi connectivity index (χ3n) is 5.44. The van der Waals surface area contributed by atoms with Crippen molar-refractivity contribution in [1.82, 2.24) is 25.2 Å². The number of hydrogen-bond donors (Lipinski definition) is 3. The van der Waals surface area contributed by atoms with E-state index in [0.29, 0.717) is 18.7 Å². The number of aliphatic hydroxyl groups excluding tert-OH is 1. The van der Waals surface area contributed by atoms with Crippen molar-refractivity contribution in [2.45, 2.75) is 65.6 Å². The number of hydrogen-bond acceptors (Lipinski definition) is 5. The average molecular weight is 414 g/mol. The second-order valence-electron chi connectivity index (χ2n) is 8.98. The van der Waals surface area contributed by atoms with Gasteiger partial charge in [0.05, 0.1) is 17.7 Å². The number of aromatic nitrogens is 5. The predicted molar refractivity (Wildman–Crippen MR) is 116 cm³/mol. The Balaban J connectivity index is 2.01. The summed E-state index contributed by atoms with van der Waals surface area (Å²) in [6, 6.07) is 7.94. The summed E-state index contributed by atoms with van der Waals surface area (Å²) < 4.78 is 1.86. The first-order valence-corrected chi connectivity index (χ1v) is 10.6. The fourth-order valence-corrected chi connectivity index (χ4v) is 3.97. The van der Waals surface area contributed by atoms with Crippen molar-refractivity contribution in [3.63, 3.8) is 0 Å². The van der Waals surface area contributed by atoms with E-state index in [0.717, 1.165) is 40.0 Å². The van der Waals surface area contributed by atoms with Crippen LogP contribution in [0.1, 0.15) is 63.5 Å². The van der Waals surface area contributed by atoms with Crippen LogP contribution in [0.2, 0.25) is 0 Å². The average Bonchev–Trinajstić information content (AvgIpc) is 3.16. The molecule has 3 aromatic rings. The van der Waals surface area contributed by atoms with Crippen LogP contribution in [0.4, 0.5) is 0 Å². The molecule has 1 aromatic carbocycles. The van der Waals surface area contributed by atoms with Crippen LogP contribution < -0.4 is 10.5 Å². The summed E-state index contributed by atoms with van der Waals surface area (Å²) in [7, 11) is 0. The molecular weight excluding hydrogens is 380 g/mol. The molecule has 162 valence electrons. The molecule has 0 saturated carbocycles. The number of nitrogens with zero attached hydrogens (tertiary/aromatic N) is 4. The van der Waals surface area contributed by atoms with Gasteiger partial charge >= 0.3 is 0 Å². The molecule has 3 N–H and O–H groups in total. The van der Waals surface area contributed by atoms with Gasteiger partial charge in [-0.2, -0.15) is 0 Å². The summed E-state index contributed by atoms with van der Waals surface area (Å²) >= 11 is 0. The molecule has 1 unspecified atom stereocenters. The maximum Gasteiger partial charge on any atom is 0.257 e. The topological polar surface area (TPSA) is 101 Å². The van der Waals surface area contributed by atoms with Crippen molar-refractivity contribution < 1.29 is 10.0 Å². The van der Waals surface area contributed by atoms with E-state index in [1.54, 1.807) is 0 Å². The van der Waals surface area contributed by atoms with Gasteiger partial charge < -0.3 is 15.0 Å². The SMILES string of the molecule is CCC[C@@H](c1nnnn1C(C)(C)C)[NH+](CCO)Cc1cc2cc(C)ccc2[nH]c1=O. The van der Waals surface area contributed by atoms with E-state index in [2.05, 4.69) is 54.3 Å². The lowest BCUT2D eigenvalue weighted by Gasteiger charge is -2.29. The van der Waals surface area contributed by atoms with Crippen molar-refractivity contribution in [1.29, 1.82) is 0 Å². The smallest absolute Gasteiger partial charge is 0.257 e. The quantitative estimate of drug-likeness (QED) is 0.520. The molecule has 2 atom stereocenters. The Morgan fingerprint density at radius 3 is 2.70 bits per heavy atom.